The fourth-order valence-electron chi connectivity index (χ4n) is 4.70. The van der Waals surface area contributed by atoms with Crippen molar-refractivity contribution in [2.75, 3.05) is 0 Å². The zero-order valence-electron chi connectivity index (χ0n) is 16.1. The Kier molecular flexibility index (Phi) is 3.27. The van der Waals surface area contributed by atoms with Gasteiger partial charge in [-0.15, -0.1) is 0 Å². The number of carbonyl (C=O) groups is 1. The summed E-state index contributed by atoms with van der Waals surface area (Å²) in [6, 6.07) is 3.81. The molecular weight excluding hydrogens is 370 g/mol. The first-order valence-corrected chi connectivity index (χ1v) is 9.71. The van der Waals surface area contributed by atoms with E-state index in [-0.39, 0.29) is 18.0 Å². The van der Waals surface area contributed by atoms with Crippen LogP contribution in [0.2, 0.25) is 0 Å². The molecule has 0 aromatic carbocycles. The second kappa shape index (κ2) is 5.76. The van der Waals surface area contributed by atoms with Crippen molar-refractivity contribution in [3.05, 3.63) is 53.4 Å². The average Bonchev–Trinajstić information content (AvgIpc) is 3.46. The number of nitrogens with zero attached hydrogens (tertiary/aromatic N) is 7. The van der Waals surface area contributed by atoms with E-state index < -0.39 is 0 Å². The van der Waals surface area contributed by atoms with E-state index in [1.165, 1.54) is 0 Å². The van der Waals surface area contributed by atoms with E-state index in [1.807, 2.05) is 41.8 Å². The lowest BCUT2D eigenvalue weighted by Gasteiger charge is -2.35. The molecule has 2 bridgehead atoms. The maximum atomic E-state index is 13.3. The van der Waals surface area contributed by atoms with Crippen LogP contribution in [-0.2, 0) is 13.5 Å². The fraction of sp³-hybridized carbons (Fsp3) is 0.350. The summed E-state index contributed by atoms with van der Waals surface area (Å²) in [7, 11) is 1.83. The normalized spacial score (nSPS) is 20.4. The van der Waals surface area contributed by atoms with Crippen molar-refractivity contribution >= 4 is 11.6 Å². The second-order valence-electron chi connectivity index (χ2n) is 7.86. The number of rotatable bonds is 2. The van der Waals surface area contributed by atoms with E-state index in [2.05, 4.69) is 20.3 Å². The maximum absolute atomic E-state index is 13.3. The first-order chi connectivity index (χ1) is 14.1. The van der Waals surface area contributed by atoms with Crippen LogP contribution in [-0.4, -0.2) is 46.4 Å². The van der Waals surface area contributed by atoms with Gasteiger partial charge < -0.3 is 9.42 Å². The summed E-state index contributed by atoms with van der Waals surface area (Å²) in [4.78, 5) is 19.8. The van der Waals surface area contributed by atoms with Crippen molar-refractivity contribution in [2.45, 2.75) is 38.3 Å². The number of aryl methyl sites for hydroxylation is 2. The highest BCUT2D eigenvalue weighted by Crippen LogP contribution is 2.44. The third-order valence-electron chi connectivity index (χ3n) is 5.98. The predicted octanol–water partition coefficient (Wildman–Crippen LogP) is 2.33. The van der Waals surface area contributed by atoms with Crippen LogP contribution in [0, 0.1) is 6.92 Å². The van der Waals surface area contributed by atoms with Gasteiger partial charge in [0, 0.05) is 49.6 Å². The molecular formula is C20H19N7O2. The third kappa shape index (κ3) is 2.36. The number of aromatic nitrogens is 6. The first-order valence-electron chi connectivity index (χ1n) is 9.71. The van der Waals surface area contributed by atoms with Crippen molar-refractivity contribution in [3.8, 4) is 11.3 Å². The molecule has 146 valence electrons. The van der Waals surface area contributed by atoms with Crippen molar-refractivity contribution in [2.24, 2.45) is 7.05 Å². The van der Waals surface area contributed by atoms with Crippen molar-refractivity contribution in [1.82, 2.24) is 34.4 Å². The van der Waals surface area contributed by atoms with Crippen molar-refractivity contribution in [1.29, 1.82) is 0 Å². The molecule has 0 saturated carbocycles. The lowest BCUT2D eigenvalue weighted by Crippen LogP contribution is -2.42. The molecule has 29 heavy (non-hydrogen) atoms. The van der Waals surface area contributed by atoms with Gasteiger partial charge in [0.05, 0.1) is 29.2 Å². The summed E-state index contributed by atoms with van der Waals surface area (Å²) >= 11 is 0. The lowest BCUT2D eigenvalue weighted by molar-refractivity contribution is 0.0632. The number of fused-ring (bicyclic) bond motifs is 6. The smallest absolute Gasteiger partial charge is 0.276 e. The maximum Gasteiger partial charge on any atom is 0.276 e. The quantitative estimate of drug-likeness (QED) is 0.522. The predicted molar refractivity (Wildman–Crippen MR) is 102 cm³/mol. The summed E-state index contributed by atoms with van der Waals surface area (Å²) in [6.07, 6.45) is 8.08. The van der Waals surface area contributed by atoms with E-state index in [0.29, 0.717) is 11.5 Å². The van der Waals surface area contributed by atoms with Crippen LogP contribution in [0.15, 0.2) is 35.2 Å². The summed E-state index contributed by atoms with van der Waals surface area (Å²) < 4.78 is 9.04. The van der Waals surface area contributed by atoms with Crippen LogP contribution in [0.3, 0.4) is 0 Å². The molecule has 0 aliphatic carbocycles. The number of hydrogen-bond acceptors (Lipinski definition) is 6. The van der Waals surface area contributed by atoms with Gasteiger partial charge in [0.15, 0.2) is 17.1 Å². The molecule has 1 fully saturated rings. The largest absolute Gasteiger partial charge is 0.355 e. The summed E-state index contributed by atoms with van der Waals surface area (Å²) in [6.45, 7) is 1.97. The van der Waals surface area contributed by atoms with Gasteiger partial charge in [0.25, 0.3) is 5.91 Å². The van der Waals surface area contributed by atoms with E-state index >= 15 is 0 Å². The van der Waals surface area contributed by atoms with Crippen LogP contribution >= 0.6 is 0 Å². The zero-order chi connectivity index (χ0) is 19.7. The minimum Gasteiger partial charge on any atom is -0.355 e. The highest BCUT2D eigenvalue weighted by Gasteiger charge is 2.44. The molecule has 0 unspecified atom stereocenters. The molecule has 0 spiro atoms. The van der Waals surface area contributed by atoms with Crippen LogP contribution in [0.25, 0.3) is 17.0 Å². The molecule has 2 aliphatic heterocycles. The van der Waals surface area contributed by atoms with Crippen molar-refractivity contribution in [3.63, 3.8) is 0 Å². The zero-order valence-corrected chi connectivity index (χ0v) is 16.1. The second-order valence-corrected chi connectivity index (χ2v) is 7.86. The Hall–Kier alpha value is -3.49. The van der Waals surface area contributed by atoms with Crippen LogP contribution in [0.4, 0.5) is 0 Å². The molecule has 4 aromatic rings. The number of hydrogen-bond donors (Lipinski definition) is 0. The number of carbonyl (C=O) groups excluding carboxylic acids is 1. The molecule has 2 atom stereocenters. The molecule has 6 rings (SSSR count). The Balaban J connectivity index is 1.36. The molecule has 9 nitrogen and oxygen atoms in total. The fourth-order valence-corrected chi connectivity index (χ4v) is 4.70. The summed E-state index contributed by atoms with van der Waals surface area (Å²) in [5.41, 5.74) is 5.18. The van der Waals surface area contributed by atoms with E-state index in [4.69, 9.17) is 4.52 Å². The average molecular weight is 389 g/mol. The highest BCUT2D eigenvalue weighted by atomic mass is 16.5. The van der Waals surface area contributed by atoms with Crippen LogP contribution in [0.1, 0.15) is 46.3 Å². The van der Waals surface area contributed by atoms with Gasteiger partial charge in [-0.1, -0.05) is 5.16 Å². The standard InChI is InChI=1S/C20H19N7O2/c1-11-5-19-21-9-14-16-4-3-13(6-17(14)27(19)23-11)26(16)20(28)15-7-18(29-24-15)12-8-22-25(2)10-12/h5,7-10,13,16H,3-4,6H2,1-2H3/t13-,16-/m0/s1. The third-order valence-corrected chi connectivity index (χ3v) is 5.98. The van der Waals surface area contributed by atoms with Gasteiger partial charge in [0.2, 0.25) is 0 Å². The Bertz CT molecular complexity index is 1270. The molecule has 1 amide bonds. The summed E-state index contributed by atoms with van der Waals surface area (Å²) in [5.74, 6) is 0.445. The van der Waals surface area contributed by atoms with Gasteiger partial charge >= 0.3 is 0 Å². The molecule has 0 radical (unpaired) electrons. The van der Waals surface area contributed by atoms with Crippen molar-refractivity contribution < 1.29 is 9.32 Å². The Morgan fingerprint density at radius 3 is 2.97 bits per heavy atom. The lowest BCUT2D eigenvalue weighted by atomic mass is 9.98. The monoisotopic (exact) mass is 389 g/mol. The van der Waals surface area contributed by atoms with E-state index in [0.717, 1.165) is 47.4 Å². The molecule has 2 aliphatic rings. The van der Waals surface area contributed by atoms with Gasteiger partial charge in [0.1, 0.15) is 0 Å². The molecule has 9 heteroatoms. The molecule has 0 N–H and O–H groups in total. The molecule has 1 saturated heterocycles. The number of amides is 1. The Morgan fingerprint density at radius 2 is 2.14 bits per heavy atom. The van der Waals surface area contributed by atoms with Gasteiger partial charge in [-0.3, -0.25) is 9.48 Å². The SMILES string of the molecule is Cc1cc2ncc3c(n2n1)C[C@@H]1CC[C@@H]3N1C(=O)c1cc(-c2cnn(C)c2)on1. The summed E-state index contributed by atoms with van der Waals surface area (Å²) in [5, 5.41) is 12.8. The minimum atomic E-state index is -0.0983. The van der Waals surface area contributed by atoms with Crippen LogP contribution in [0.5, 0.6) is 0 Å². The molecule has 6 heterocycles. The molecule has 4 aromatic heterocycles. The van der Waals surface area contributed by atoms with Gasteiger partial charge in [-0.2, -0.15) is 10.2 Å². The van der Waals surface area contributed by atoms with Gasteiger partial charge in [-0.25, -0.2) is 9.50 Å². The highest BCUT2D eigenvalue weighted by molar-refractivity contribution is 5.94. The van der Waals surface area contributed by atoms with Crippen LogP contribution < -0.4 is 0 Å². The first kappa shape index (κ1) is 16.5. The minimum absolute atomic E-state index is 0.00352. The Labute approximate surface area is 165 Å². The Morgan fingerprint density at radius 1 is 1.24 bits per heavy atom. The van der Waals surface area contributed by atoms with E-state index in [1.54, 1.807) is 16.9 Å². The van der Waals surface area contributed by atoms with E-state index in [9.17, 15) is 4.79 Å². The van der Waals surface area contributed by atoms with Gasteiger partial charge in [-0.05, 0) is 19.8 Å². The topological polar surface area (TPSA) is 94.3 Å².